The highest BCUT2D eigenvalue weighted by Gasteiger charge is 2.37. The van der Waals surface area contributed by atoms with Gasteiger partial charge in [-0.3, -0.25) is 4.79 Å². The van der Waals surface area contributed by atoms with Gasteiger partial charge in [0.25, 0.3) is 0 Å². The highest BCUT2D eigenvalue weighted by molar-refractivity contribution is 6.74. The van der Waals surface area contributed by atoms with Crippen molar-refractivity contribution < 1.29 is 18.8 Å². The van der Waals surface area contributed by atoms with Crippen LogP contribution in [-0.2, 0) is 27.0 Å². The molecule has 23 heavy (non-hydrogen) atoms. The summed E-state index contributed by atoms with van der Waals surface area (Å²) in [7, 11) is -1.91. The fourth-order valence-corrected chi connectivity index (χ4v) is 3.29. The van der Waals surface area contributed by atoms with E-state index in [1.807, 2.05) is 13.0 Å². The van der Waals surface area contributed by atoms with Crippen molar-refractivity contribution in [1.29, 1.82) is 0 Å². The Labute approximate surface area is 139 Å². The van der Waals surface area contributed by atoms with E-state index < -0.39 is 8.32 Å². The SMILES string of the molecule is Cc1c(CC(=O)CO[Si](C)(C)C(C)(C)C)ccc2c1COC2=O. The molecular weight excluding hydrogens is 308 g/mol. The van der Waals surface area contributed by atoms with Gasteiger partial charge in [-0.05, 0) is 42.2 Å². The van der Waals surface area contributed by atoms with Crippen LogP contribution < -0.4 is 0 Å². The Morgan fingerprint density at radius 1 is 1.30 bits per heavy atom. The van der Waals surface area contributed by atoms with E-state index in [0.717, 1.165) is 16.7 Å². The van der Waals surface area contributed by atoms with Gasteiger partial charge in [0.2, 0.25) is 0 Å². The molecule has 0 radical (unpaired) electrons. The van der Waals surface area contributed by atoms with Gasteiger partial charge in [0, 0.05) is 12.0 Å². The molecule has 1 heterocycles. The fourth-order valence-electron chi connectivity index (χ4n) is 2.33. The van der Waals surface area contributed by atoms with E-state index >= 15 is 0 Å². The van der Waals surface area contributed by atoms with Crippen LogP contribution in [0.4, 0.5) is 0 Å². The number of carbonyl (C=O) groups is 2. The standard InChI is InChI=1S/C18H26O4Si/c1-12-13(7-8-15-16(12)11-21-17(15)20)9-14(19)10-22-23(5,6)18(2,3)4/h7-8H,9-11H2,1-6H3. The molecule has 1 aliphatic heterocycles. The van der Waals surface area contributed by atoms with E-state index in [4.69, 9.17) is 9.16 Å². The van der Waals surface area contributed by atoms with Crippen LogP contribution in [0.5, 0.6) is 0 Å². The molecule has 0 fully saturated rings. The average Bonchev–Trinajstić information content (AvgIpc) is 2.81. The Morgan fingerprint density at radius 3 is 2.57 bits per heavy atom. The molecule has 4 nitrogen and oxygen atoms in total. The number of benzene rings is 1. The quantitative estimate of drug-likeness (QED) is 0.607. The van der Waals surface area contributed by atoms with Gasteiger partial charge in [-0.25, -0.2) is 4.79 Å². The highest BCUT2D eigenvalue weighted by Crippen LogP contribution is 2.36. The van der Waals surface area contributed by atoms with Gasteiger partial charge in [-0.1, -0.05) is 26.8 Å². The second-order valence-corrected chi connectivity index (χ2v) is 12.5. The number of hydrogen-bond donors (Lipinski definition) is 0. The summed E-state index contributed by atoms with van der Waals surface area (Å²) in [4.78, 5) is 23.9. The summed E-state index contributed by atoms with van der Waals surface area (Å²) in [5.74, 6) is -0.203. The number of cyclic esters (lactones) is 1. The summed E-state index contributed by atoms with van der Waals surface area (Å²) < 4.78 is 11.0. The zero-order valence-electron chi connectivity index (χ0n) is 14.9. The number of esters is 1. The predicted octanol–water partition coefficient (Wildman–Crippen LogP) is 3.80. The molecule has 0 bridgehead atoms. The Bertz CT molecular complexity index is 641. The summed E-state index contributed by atoms with van der Waals surface area (Å²) in [5.41, 5.74) is 3.46. The normalized spacial score (nSPS) is 14.6. The van der Waals surface area contributed by atoms with E-state index in [-0.39, 0.29) is 23.4 Å². The molecular formula is C18H26O4Si. The van der Waals surface area contributed by atoms with Crippen molar-refractivity contribution in [2.75, 3.05) is 6.61 Å². The average molecular weight is 334 g/mol. The first kappa shape index (κ1) is 17.9. The lowest BCUT2D eigenvalue weighted by molar-refractivity contribution is -0.120. The molecule has 0 atom stereocenters. The van der Waals surface area contributed by atoms with Crippen LogP contribution in [0.25, 0.3) is 0 Å². The summed E-state index contributed by atoms with van der Waals surface area (Å²) in [5, 5.41) is 0.0917. The minimum Gasteiger partial charge on any atom is -0.457 e. The number of Topliss-reactive ketones (excluding diaryl/α,β-unsaturated/α-hetero) is 1. The maximum absolute atomic E-state index is 12.3. The van der Waals surface area contributed by atoms with Gasteiger partial charge < -0.3 is 9.16 Å². The molecule has 1 aromatic carbocycles. The zero-order valence-corrected chi connectivity index (χ0v) is 15.9. The second kappa shape index (κ2) is 6.21. The van der Waals surface area contributed by atoms with Gasteiger partial charge >= 0.3 is 5.97 Å². The second-order valence-electron chi connectivity index (χ2n) is 7.72. The van der Waals surface area contributed by atoms with Crippen LogP contribution in [0.1, 0.15) is 47.8 Å². The fraction of sp³-hybridized carbons (Fsp3) is 0.556. The number of ketones is 1. The van der Waals surface area contributed by atoms with E-state index in [9.17, 15) is 9.59 Å². The first-order chi connectivity index (χ1) is 10.5. The van der Waals surface area contributed by atoms with Crippen molar-refractivity contribution in [2.24, 2.45) is 0 Å². The third kappa shape index (κ3) is 3.72. The first-order valence-corrected chi connectivity index (χ1v) is 10.9. The van der Waals surface area contributed by atoms with Crippen LogP contribution in [0.2, 0.25) is 18.1 Å². The lowest BCUT2D eigenvalue weighted by atomic mass is 9.96. The van der Waals surface area contributed by atoms with Crippen molar-refractivity contribution in [3.8, 4) is 0 Å². The molecule has 0 aliphatic carbocycles. The molecule has 0 unspecified atom stereocenters. The molecule has 1 aliphatic rings. The Kier molecular flexibility index (Phi) is 4.83. The van der Waals surface area contributed by atoms with Crippen molar-refractivity contribution >= 4 is 20.1 Å². The molecule has 0 aromatic heterocycles. The van der Waals surface area contributed by atoms with Gasteiger partial charge in [-0.15, -0.1) is 0 Å². The summed E-state index contributed by atoms with van der Waals surface area (Å²) >= 11 is 0. The van der Waals surface area contributed by atoms with Gasteiger partial charge in [0.1, 0.15) is 6.61 Å². The molecule has 2 rings (SSSR count). The third-order valence-corrected chi connectivity index (χ3v) is 9.54. The number of fused-ring (bicyclic) bond motifs is 1. The molecule has 126 valence electrons. The van der Waals surface area contributed by atoms with Crippen LogP contribution in [-0.4, -0.2) is 26.7 Å². The predicted molar refractivity (Wildman–Crippen MR) is 92.2 cm³/mol. The lowest BCUT2D eigenvalue weighted by Gasteiger charge is -2.35. The molecule has 0 amide bonds. The van der Waals surface area contributed by atoms with Crippen LogP contribution in [0.3, 0.4) is 0 Å². The van der Waals surface area contributed by atoms with Crippen molar-refractivity contribution in [3.05, 3.63) is 34.4 Å². The molecule has 0 saturated carbocycles. The Hall–Kier alpha value is -1.46. The Balaban J connectivity index is 2.04. The Morgan fingerprint density at radius 2 is 1.96 bits per heavy atom. The third-order valence-electron chi connectivity index (χ3n) is 5.07. The van der Waals surface area contributed by atoms with E-state index in [0.29, 0.717) is 18.6 Å². The van der Waals surface area contributed by atoms with E-state index in [1.54, 1.807) is 6.07 Å². The van der Waals surface area contributed by atoms with E-state index in [1.165, 1.54) is 0 Å². The van der Waals surface area contributed by atoms with Crippen LogP contribution in [0.15, 0.2) is 12.1 Å². The molecule has 1 aromatic rings. The largest absolute Gasteiger partial charge is 0.457 e. The maximum Gasteiger partial charge on any atom is 0.338 e. The number of carbonyl (C=O) groups excluding carboxylic acids is 2. The zero-order chi connectivity index (χ0) is 17.4. The smallest absolute Gasteiger partial charge is 0.338 e. The van der Waals surface area contributed by atoms with Gasteiger partial charge in [0.15, 0.2) is 14.1 Å². The topological polar surface area (TPSA) is 52.6 Å². The lowest BCUT2D eigenvalue weighted by Crippen LogP contribution is -2.42. The maximum atomic E-state index is 12.3. The minimum absolute atomic E-state index is 0.0723. The monoisotopic (exact) mass is 334 g/mol. The first-order valence-electron chi connectivity index (χ1n) is 7.97. The molecule has 0 spiro atoms. The van der Waals surface area contributed by atoms with Crippen molar-refractivity contribution in [2.45, 2.75) is 58.9 Å². The van der Waals surface area contributed by atoms with Gasteiger partial charge in [-0.2, -0.15) is 0 Å². The van der Waals surface area contributed by atoms with Crippen molar-refractivity contribution in [1.82, 2.24) is 0 Å². The molecule has 0 saturated heterocycles. The minimum atomic E-state index is -1.91. The summed E-state index contributed by atoms with van der Waals surface area (Å²) in [6, 6.07) is 3.61. The van der Waals surface area contributed by atoms with Crippen LogP contribution >= 0.6 is 0 Å². The van der Waals surface area contributed by atoms with Crippen LogP contribution in [0, 0.1) is 6.92 Å². The molecule has 0 N–H and O–H groups in total. The summed E-state index contributed by atoms with van der Waals surface area (Å²) in [6.45, 7) is 13.2. The number of rotatable bonds is 5. The number of hydrogen-bond acceptors (Lipinski definition) is 4. The number of ether oxygens (including phenoxy) is 1. The van der Waals surface area contributed by atoms with Crippen molar-refractivity contribution in [3.63, 3.8) is 0 Å². The highest BCUT2D eigenvalue weighted by atomic mass is 28.4. The summed E-state index contributed by atoms with van der Waals surface area (Å²) in [6.07, 6.45) is 0.335. The van der Waals surface area contributed by atoms with Gasteiger partial charge in [0.05, 0.1) is 12.2 Å². The van der Waals surface area contributed by atoms with E-state index in [2.05, 4.69) is 33.9 Å². The molecule has 5 heteroatoms.